The third-order valence-corrected chi connectivity index (χ3v) is 6.80. The number of para-hydroxylation sites is 3. The molecule has 0 bridgehead atoms. The number of amides is 1. The quantitative estimate of drug-likeness (QED) is 0.440. The summed E-state index contributed by atoms with van der Waals surface area (Å²) in [6.45, 7) is 4.22. The summed E-state index contributed by atoms with van der Waals surface area (Å²) in [5.41, 5.74) is 1.06. The smallest absolute Gasteiger partial charge is 0.266 e. The normalized spacial score (nSPS) is 18.9. The Kier molecular flexibility index (Phi) is 6.32. The zero-order valence-corrected chi connectivity index (χ0v) is 18.9. The van der Waals surface area contributed by atoms with Gasteiger partial charge in [-0.3, -0.25) is 14.2 Å². The van der Waals surface area contributed by atoms with Crippen molar-refractivity contribution >= 4 is 28.6 Å². The zero-order valence-electron chi connectivity index (χ0n) is 18.1. The van der Waals surface area contributed by atoms with Gasteiger partial charge in [0.25, 0.3) is 5.56 Å². The van der Waals surface area contributed by atoms with E-state index in [2.05, 4.69) is 13.8 Å². The number of likely N-dealkylation sites (tertiary alicyclic amines) is 1. The molecule has 3 aromatic rings. The molecule has 2 heterocycles. The Hall–Kier alpha value is -2.80. The van der Waals surface area contributed by atoms with Gasteiger partial charge in [0.05, 0.1) is 29.5 Å². The Balaban J connectivity index is 1.74. The minimum atomic E-state index is -0.176. The highest BCUT2D eigenvalue weighted by Crippen LogP contribution is 2.29. The number of aromatic nitrogens is 2. The molecule has 1 aromatic heterocycles. The average molecular weight is 438 g/mol. The Bertz CT molecular complexity index is 1150. The van der Waals surface area contributed by atoms with Gasteiger partial charge in [-0.2, -0.15) is 0 Å². The molecule has 162 valence electrons. The van der Waals surface area contributed by atoms with E-state index < -0.39 is 0 Å². The molecule has 2 atom stereocenters. The second-order valence-corrected chi connectivity index (χ2v) is 8.89. The van der Waals surface area contributed by atoms with Crippen molar-refractivity contribution in [2.24, 2.45) is 0 Å². The van der Waals surface area contributed by atoms with Crippen molar-refractivity contribution in [2.75, 3.05) is 12.9 Å². The number of carbonyl (C=O) groups excluding carboxylic acids is 1. The topological polar surface area (TPSA) is 64.4 Å². The first-order valence-electron chi connectivity index (χ1n) is 10.6. The molecule has 31 heavy (non-hydrogen) atoms. The minimum absolute atomic E-state index is 0.0821. The van der Waals surface area contributed by atoms with E-state index in [4.69, 9.17) is 9.72 Å². The third-order valence-electron chi connectivity index (χ3n) is 5.88. The Morgan fingerprint density at radius 2 is 1.77 bits per heavy atom. The highest BCUT2D eigenvalue weighted by molar-refractivity contribution is 7.99. The molecular weight excluding hydrogens is 410 g/mol. The summed E-state index contributed by atoms with van der Waals surface area (Å²) >= 11 is 1.30. The minimum Gasteiger partial charge on any atom is -0.495 e. The summed E-state index contributed by atoms with van der Waals surface area (Å²) in [5.74, 6) is 0.890. The van der Waals surface area contributed by atoms with Crippen LogP contribution in [0.3, 0.4) is 0 Å². The van der Waals surface area contributed by atoms with E-state index in [9.17, 15) is 9.59 Å². The van der Waals surface area contributed by atoms with Crippen LogP contribution < -0.4 is 10.3 Å². The van der Waals surface area contributed by atoms with Gasteiger partial charge in [-0.25, -0.2) is 4.98 Å². The van der Waals surface area contributed by atoms with Gasteiger partial charge in [0.2, 0.25) is 5.91 Å². The van der Waals surface area contributed by atoms with Gasteiger partial charge in [-0.15, -0.1) is 0 Å². The monoisotopic (exact) mass is 437 g/mol. The molecule has 1 fully saturated rings. The van der Waals surface area contributed by atoms with E-state index in [1.807, 2.05) is 47.4 Å². The Labute approximate surface area is 186 Å². The van der Waals surface area contributed by atoms with Crippen LogP contribution >= 0.6 is 11.8 Å². The maximum absolute atomic E-state index is 13.4. The fourth-order valence-corrected chi connectivity index (χ4v) is 5.22. The predicted molar refractivity (Wildman–Crippen MR) is 124 cm³/mol. The number of hydrogen-bond acceptors (Lipinski definition) is 5. The number of fused-ring (bicyclic) bond motifs is 1. The lowest BCUT2D eigenvalue weighted by Gasteiger charge is -2.39. The van der Waals surface area contributed by atoms with Crippen molar-refractivity contribution in [2.45, 2.75) is 50.4 Å². The molecule has 0 radical (unpaired) electrons. The van der Waals surface area contributed by atoms with Crippen LogP contribution in [-0.2, 0) is 4.79 Å². The van der Waals surface area contributed by atoms with Crippen molar-refractivity contribution in [1.82, 2.24) is 14.5 Å². The number of benzene rings is 2. The second kappa shape index (κ2) is 9.14. The number of thioether (sulfide) groups is 1. The molecule has 1 aliphatic heterocycles. The third kappa shape index (κ3) is 4.19. The van der Waals surface area contributed by atoms with Gasteiger partial charge < -0.3 is 9.64 Å². The second-order valence-electron chi connectivity index (χ2n) is 7.94. The number of rotatable bonds is 5. The molecule has 4 rings (SSSR count). The van der Waals surface area contributed by atoms with Gasteiger partial charge in [0.15, 0.2) is 5.16 Å². The summed E-state index contributed by atoms with van der Waals surface area (Å²) in [4.78, 5) is 33.2. The lowest BCUT2D eigenvalue weighted by Crippen LogP contribution is -2.48. The van der Waals surface area contributed by atoms with Gasteiger partial charge in [-0.05, 0) is 57.4 Å². The molecule has 7 heteroatoms. The van der Waals surface area contributed by atoms with Crippen molar-refractivity contribution in [3.8, 4) is 11.4 Å². The van der Waals surface area contributed by atoms with Crippen molar-refractivity contribution in [3.63, 3.8) is 0 Å². The molecule has 2 aromatic carbocycles. The molecule has 0 unspecified atom stereocenters. The summed E-state index contributed by atoms with van der Waals surface area (Å²) in [6, 6.07) is 15.1. The molecular formula is C24H27N3O3S. The number of hydrogen-bond donors (Lipinski definition) is 0. The zero-order chi connectivity index (χ0) is 22.0. The fraction of sp³-hybridized carbons (Fsp3) is 0.375. The van der Waals surface area contributed by atoms with E-state index in [0.717, 1.165) is 19.3 Å². The standard InChI is InChI=1S/C24H27N3O3S/c1-16-9-8-10-17(2)26(16)22(28)15-31-24-25-19-12-5-4-11-18(19)23(29)27(24)20-13-6-7-14-21(20)30-3/h4-7,11-14,16-17H,8-10,15H2,1-3H3/t16-,17-/m0/s1. The number of piperidine rings is 1. The first-order valence-corrected chi connectivity index (χ1v) is 11.6. The number of methoxy groups -OCH3 is 1. The fourth-order valence-electron chi connectivity index (χ4n) is 4.35. The van der Waals surface area contributed by atoms with Crippen LogP contribution in [0.1, 0.15) is 33.1 Å². The van der Waals surface area contributed by atoms with Crippen LogP contribution in [0.15, 0.2) is 58.5 Å². The van der Waals surface area contributed by atoms with Crippen molar-refractivity contribution in [1.29, 1.82) is 0 Å². The SMILES string of the molecule is COc1ccccc1-n1c(SCC(=O)N2[C@@H](C)CCC[C@@H]2C)nc2ccccc2c1=O. The molecule has 6 nitrogen and oxygen atoms in total. The van der Waals surface area contributed by atoms with Crippen molar-refractivity contribution < 1.29 is 9.53 Å². The van der Waals surface area contributed by atoms with E-state index in [1.54, 1.807) is 17.7 Å². The molecule has 0 saturated carbocycles. The molecule has 0 N–H and O–H groups in total. The van der Waals surface area contributed by atoms with Crippen LogP contribution in [0.4, 0.5) is 0 Å². The maximum Gasteiger partial charge on any atom is 0.266 e. The van der Waals surface area contributed by atoms with E-state index in [-0.39, 0.29) is 29.3 Å². The summed E-state index contributed by atoms with van der Waals surface area (Å²) in [7, 11) is 1.58. The van der Waals surface area contributed by atoms with Gasteiger partial charge >= 0.3 is 0 Å². The number of nitrogens with zero attached hydrogens (tertiary/aromatic N) is 3. The number of ether oxygens (including phenoxy) is 1. The van der Waals surface area contributed by atoms with E-state index in [1.165, 1.54) is 11.8 Å². The van der Waals surface area contributed by atoms with Crippen molar-refractivity contribution in [3.05, 3.63) is 58.9 Å². The van der Waals surface area contributed by atoms with Crippen LogP contribution in [0.5, 0.6) is 5.75 Å². The highest BCUT2D eigenvalue weighted by Gasteiger charge is 2.29. The predicted octanol–water partition coefficient (Wildman–Crippen LogP) is 4.28. The molecule has 0 aliphatic carbocycles. The highest BCUT2D eigenvalue weighted by atomic mass is 32.2. The van der Waals surface area contributed by atoms with Crippen LogP contribution in [0.25, 0.3) is 16.6 Å². The lowest BCUT2D eigenvalue weighted by molar-refractivity contribution is -0.134. The van der Waals surface area contributed by atoms with Crippen LogP contribution in [-0.4, -0.2) is 45.3 Å². The largest absolute Gasteiger partial charge is 0.495 e. The summed E-state index contributed by atoms with van der Waals surface area (Å²) in [6.07, 6.45) is 3.21. The summed E-state index contributed by atoms with van der Waals surface area (Å²) in [5, 5.41) is 1.02. The van der Waals surface area contributed by atoms with Crippen LogP contribution in [0, 0.1) is 0 Å². The average Bonchev–Trinajstić information content (AvgIpc) is 2.78. The van der Waals surface area contributed by atoms with E-state index >= 15 is 0 Å². The first-order chi connectivity index (χ1) is 15.0. The Morgan fingerprint density at radius 1 is 1.10 bits per heavy atom. The summed E-state index contributed by atoms with van der Waals surface area (Å²) < 4.78 is 7.06. The molecule has 0 spiro atoms. The first kappa shape index (κ1) is 21.4. The van der Waals surface area contributed by atoms with Gasteiger partial charge in [0.1, 0.15) is 5.75 Å². The van der Waals surface area contributed by atoms with Gasteiger partial charge in [-0.1, -0.05) is 36.0 Å². The van der Waals surface area contributed by atoms with Crippen LogP contribution in [0.2, 0.25) is 0 Å². The molecule has 1 saturated heterocycles. The van der Waals surface area contributed by atoms with Gasteiger partial charge in [0, 0.05) is 12.1 Å². The molecule has 1 amide bonds. The van der Waals surface area contributed by atoms with E-state index in [0.29, 0.717) is 27.5 Å². The lowest BCUT2D eigenvalue weighted by atomic mass is 9.98. The Morgan fingerprint density at radius 3 is 2.52 bits per heavy atom. The number of carbonyl (C=O) groups is 1. The molecule has 1 aliphatic rings. The maximum atomic E-state index is 13.4.